The highest BCUT2D eigenvalue weighted by atomic mass is 32.2. The lowest BCUT2D eigenvalue weighted by Gasteiger charge is -2.21. The van der Waals surface area contributed by atoms with Crippen molar-refractivity contribution in [3.63, 3.8) is 0 Å². The molecule has 0 aromatic rings. The summed E-state index contributed by atoms with van der Waals surface area (Å²) in [6.45, 7) is 2.99. The molecular formula is C9H19NOS. The Labute approximate surface area is 79.4 Å². The van der Waals surface area contributed by atoms with Gasteiger partial charge in [0.15, 0.2) is 0 Å². The maximum Gasteiger partial charge on any atom is 0.0587 e. The van der Waals surface area contributed by atoms with Crippen molar-refractivity contribution in [1.29, 1.82) is 0 Å². The van der Waals surface area contributed by atoms with Crippen molar-refractivity contribution in [2.45, 2.75) is 24.5 Å². The van der Waals surface area contributed by atoms with Gasteiger partial charge in [0.05, 0.1) is 6.61 Å². The fraction of sp³-hybridized carbons (Fsp3) is 1.00. The van der Waals surface area contributed by atoms with Crippen molar-refractivity contribution >= 4 is 11.8 Å². The number of hydrogen-bond donors (Lipinski definition) is 1. The van der Waals surface area contributed by atoms with Crippen LogP contribution in [-0.4, -0.2) is 37.8 Å². The van der Waals surface area contributed by atoms with Gasteiger partial charge >= 0.3 is 0 Å². The van der Waals surface area contributed by atoms with E-state index in [4.69, 9.17) is 4.74 Å². The summed E-state index contributed by atoms with van der Waals surface area (Å²) < 4.78 is 4.96. The zero-order valence-electron chi connectivity index (χ0n) is 7.84. The molecule has 0 aliphatic carbocycles. The third-order valence-corrected chi connectivity index (χ3v) is 3.53. The smallest absolute Gasteiger partial charge is 0.0587 e. The molecule has 1 N–H and O–H groups in total. The normalized spacial score (nSPS) is 24.2. The van der Waals surface area contributed by atoms with Gasteiger partial charge in [-0.25, -0.2) is 0 Å². The average Bonchev–Trinajstić information content (AvgIpc) is 2.14. The summed E-state index contributed by atoms with van der Waals surface area (Å²) in [5, 5.41) is 4.27. The van der Waals surface area contributed by atoms with Crippen LogP contribution in [0.1, 0.15) is 19.3 Å². The summed E-state index contributed by atoms with van der Waals surface area (Å²) in [5.41, 5.74) is 0. The molecule has 12 heavy (non-hydrogen) atoms. The summed E-state index contributed by atoms with van der Waals surface area (Å²) >= 11 is 2.12. The van der Waals surface area contributed by atoms with Gasteiger partial charge in [-0.15, -0.1) is 0 Å². The quantitative estimate of drug-likeness (QED) is 0.662. The van der Waals surface area contributed by atoms with Gasteiger partial charge in [-0.05, 0) is 18.6 Å². The van der Waals surface area contributed by atoms with Crippen LogP contribution in [-0.2, 0) is 4.74 Å². The van der Waals surface area contributed by atoms with Gasteiger partial charge in [-0.3, -0.25) is 0 Å². The highest BCUT2D eigenvalue weighted by Gasteiger charge is 2.12. The van der Waals surface area contributed by atoms with E-state index in [1.807, 2.05) is 0 Å². The minimum absolute atomic E-state index is 0.831. The molecule has 0 spiro atoms. The minimum atomic E-state index is 0.831. The lowest BCUT2D eigenvalue weighted by molar-refractivity contribution is 0.199. The predicted octanol–water partition coefficient (Wildman–Crippen LogP) is 1.51. The van der Waals surface area contributed by atoms with Gasteiger partial charge in [-0.1, -0.05) is 6.42 Å². The van der Waals surface area contributed by atoms with E-state index in [0.717, 1.165) is 24.9 Å². The molecule has 0 amide bonds. The molecule has 0 aromatic heterocycles. The second-order valence-corrected chi connectivity index (χ2v) is 4.59. The molecule has 1 saturated heterocycles. The molecule has 0 bridgehead atoms. The Kier molecular flexibility index (Phi) is 5.82. The molecule has 0 radical (unpaired) electrons. The molecule has 1 fully saturated rings. The van der Waals surface area contributed by atoms with E-state index in [1.165, 1.54) is 25.0 Å². The number of nitrogens with one attached hydrogen (secondary N) is 1. The molecule has 0 saturated carbocycles. The molecular weight excluding hydrogens is 170 g/mol. The highest BCUT2D eigenvalue weighted by Crippen LogP contribution is 2.23. The zero-order chi connectivity index (χ0) is 8.65. The van der Waals surface area contributed by atoms with Gasteiger partial charge in [0.25, 0.3) is 0 Å². The first kappa shape index (κ1) is 10.4. The van der Waals surface area contributed by atoms with Gasteiger partial charge in [0, 0.05) is 25.4 Å². The molecule has 1 unspecified atom stereocenters. The Morgan fingerprint density at radius 2 is 2.42 bits per heavy atom. The number of rotatable bonds is 5. The lowest BCUT2D eigenvalue weighted by atomic mass is 10.2. The van der Waals surface area contributed by atoms with Crippen LogP contribution < -0.4 is 5.32 Å². The number of thioether (sulfide) groups is 1. The van der Waals surface area contributed by atoms with Crippen LogP contribution in [0.3, 0.4) is 0 Å². The Balaban J connectivity index is 1.91. The van der Waals surface area contributed by atoms with E-state index in [0.29, 0.717) is 0 Å². The maximum atomic E-state index is 4.96. The summed E-state index contributed by atoms with van der Waals surface area (Å²) in [4.78, 5) is 0. The fourth-order valence-corrected chi connectivity index (χ4v) is 2.68. The van der Waals surface area contributed by atoms with Crippen LogP contribution in [0.25, 0.3) is 0 Å². The second kappa shape index (κ2) is 6.75. The Bertz CT molecular complexity index is 105. The van der Waals surface area contributed by atoms with Gasteiger partial charge < -0.3 is 10.1 Å². The molecule has 0 aromatic carbocycles. The first-order valence-electron chi connectivity index (χ1n) is 4.74. The molecule has 1 aliphatic heterocycles. The van der Waals surface area contributed by atoms with E-state index in [-0.39, 0.29) is 0 Å². The average molecular weight is 189 g/mol. The van der Waals surface area contributed by atoms with Crippen LogP contribution in [0.15, 0.2) is 0 Å². The third-order valence-electron chi connectivity index (χ3n) is 2.13. The molecule has 1 rings (SSSR count). The first-order valence-corrected chi connectivity index (χ1v) is 5.79. The summed E-state index contributed by atoms with van der Waals surface area (Å²) in [6.07, 6.45) is 4.23. The van der Waals surface area contributed by atoms with Gasteiger partial charge in [0.2, 0.25) is 0 Å². The fourth-order valence-electron chi connectivity index (χ4n) is 1.41. The van der Waals surface area contributed by atoms with Gasteiger partial charge in [0.1, 0.15) is 0 Å². The monoisotopic (exact) mass is 189 g/mol. The van der Waals surface area contributed by atoms with E-state index in [1.54, 1.807) is 7.11 Å². The van der Waals surface area contributed by atoms with Crippen molar-refractivity contribution in [2.24, 2.45) is 0 Å². The van der Waals surface area contributed by atoms with Gasteiger partial charge in [-0.2, -0.15) is 11.8 Å². The third kappa shape index (κ3) is 4.33. The van der Waals surface area contributed by atoms with E-state index in [9.17, 15) is 0 Å². The van der Waals surface area contributed by atoms with Crippen LogP contribution in [0.5, 0.6) is 0 Å². The standard InChI is InChI=1S/C9H19NOS/c1-11-6-5-10-8-9-4-2-3-7-12-9/h9-10H,2-8H2,1H3. The topological polar surface area (TPSA) is 21.3 Å². The highest BCUT2D eigenvalue weighted by molar-refractivity contribution is 7.99. The largest absolute Gasteiger partial charge is 0.383 e. The summed E-state index contributed by atoms with van der Waals surface area (Å²) in [5.74, 6) is 1.36. The van der Waals surface area contributed by atoms with E-state index < -0.39 is 0 Å². The number of ether oxygens (including phenoxy) is 1. The van der Waals surface area contributed by atoms with Crippen LogP contribution >= 0.6 is 11.8 Å². The zero-order valence-corrected chi connectivity index (χ0v) is 8.66. The van der Waals surface area contributed by atoms with Crippen molar-refractivity contribution in [1.82, 2.24) is 5.32 Å². The Morgan fingerprint density at radius 1 is 1.50 bits per heavy atom. The van der Waals surface area contributed by atoms with Crippen LogP contribution in [0.4, 0.5) is 0 Å². The first-order chi connectivity index (χ1) is 5.93. The maximum absolute atomic E-state index is 4.96. The molecule has 1 aliphatic rings. The van der Waals surface area contributed by atoms with Crippen molar-refractivity contribution < 1.29 is 4.74 Å². The Morgan fingerprint density at radius 3 is 3.08 bits per heavy atom. The minimum Gasteiger partial charge on any atom is -0.383 e. The molecule has 2 nitrogen and oxygen atoms in total. The van der Waals surface area contributed by atoms with Crippen molar-refractivity contribution in [3.05, 3.63) is 0 Å². The lowest BCUT2D eigenvalue weighted by Crippen LogP contribution is -2.29. The molecule has 1 atom stereocenters. The van der Waals surface area contributed by atoms with Crippen LogP contribution in [0.2, 0.25) is 0 Å². The molecule has 3 heteroatoms. The SMILES string of the molecule is COCCNCC1CCCCS1. The number of hydrogen-bond acceptors (Lipinski definition) is 3. The van der Waals surface area contributed by atoms with Crippen molar-refractivity contribution in [2.75, 3.05) is 32.6 Å². The number of methoxy groups -OCH3 is 1. The second-order valence-electron chi connectivity index (χ2n) is 3.19. The van der Waals surface area contributed by atoms with E-state index >= 15 is 0 Å². The molecule has 1 heterocycles. The van der Waals surface area contributed by atoms with Crippen LogP contribution in [0, 0.1) is 0 Å². The molecule has 72 valence electrons. The Hall–Kier alpha value is 0.270. The van der Waals surface area contributed by atoms with Crippen molar-refractivity contribution in [3.8, 4) is 0 Å². The van der Waals surface area contributed by atoms with E-state index in [2.05, 4.69) is 17.1 Å². The summed E-state index contributed by atoms with van der Waals surface area (Å²) in [6, 6.07) is 0. The predicted molar refractivity (Wildman–Crippen MR) is 54.8 cm³/mol. The summed E-state index contributed by atoms with van der Waals surface area (Å²) in [7, 11) is 1.75.